The molecule has 2 heterocycles. The second-order valence-electron chi connectivity index (χ2n) is 6.22. The summed E-state index contributed by atoms with van der Waals surface area (Å²) in [7, 11) is 5.86. The van der Waals surface area contributed by atoms with Gasteiger partial charge in [0.1, 0.15) is 13.5 Å². The molecule has 0 spiro atoms. The number of nitrogens with one attached hydrogen (secondary N) is 3. The SMILES string of the molecule is [B]c1ccccc1C(=O)Nc1cnc2[nH]c(CNc3ccccc3)cc2c1. The third kappa shape index (κ3) is 3.85. The zero-order valence-corrected chi connectivity index (χ0v) is 14.6. The second kappa shape index (κ2) is 7.37. The van der Waals surface area contributed by atoms with Crippen molar-refractivity contribution in [1.29, 1.82) is 0 Å². The number of benzene rings is 2. The van der Waals surface area contributed by atoms with Gasteiger partial charge < -0.3 is 15.6 Å². The maximum absolute atomic E-state index is 12.4. The summed E-state index contributed by atoms with van der Waals surface area (Å²) < 4.78 is 0. The molecular weight excluding hydrogens is 335 g/mol. The Hall–Kier alpha value is -3.54. The highest BCUT2D eigenvalue weighted by Gasteiger charge is 2.10. The van der Waals surface area contributed by atoms with Crippen LogP contribution in [0.3, 0.4) is 0 Å². The van der Waals surface area contributed by atoms with E-state index in [2.05, 4.69) is 20.6 Å². The van der Waals surface area contributed by atoms with E-state index in [9.17, 15) is 4.79 Å². The molecule has 6 heteroatoms. The molecule has 0 unspecified atom stereocenters. The molecule has 0 aliphatic rings. The van der Waals surface area contributed by atoms with Gasteiger partial charge in [0.25, 0.3) is 5.91 Å². The normalized spacial score (nSPS) is 10.7. The molecular formula is C21H17BN4O. The molecule has 0 saturated heterocycles. The molecule has 0 fully saturated rings. The summed E-state index contributed by atoms with van der Waals surface area (Å²) in [5.74, 6) is -0.254. The van der Waals surface area contributed by atoms with E-state index in [-0.39, 0.29) is 5.91 Å². The van der Waals surface area contributed by atoms with Crippen LogP contribution in [0.25, 0.3) is 11.0 Å². The Morgan fingerprint density at radius 2 is 1.78 bits per heavy atom. The van der Waals surface area contributed by atoms with E-state index < -0.39 is 0 Å². The Balaban J connectivity index is 1.49. The molecule has 2 radical (unpaired) electrons. The fourth-order valence-corrected chi connectivity index (χ4v) is 2.89. The number of fused-ring (bicyclic) bond motifs is 1. The lowest BCUT2D eigenvalue weighted by Gasteiger charge is -2.07. The maximum Gasteiger partial charge on any atom is 0.255 e. The standard InChI is InChI=1S/C21H17BN4O/c22-19-9-5-4-8-18(19)21(27)26-17-11-14-10-16(25-20(14)24-13-17)12-23-15-6-2-1-3-7-15/h1-11,13,23H,12H2,(H,24,25)(H,26,27). The second-order valence-corrected chi connectivity index (χ2v) is 6.22. The van der Waals surface area contributed by atoms with Gasteiger partial charge in [-0.15, -0.1) is 0 Å². The Kier molecular flexibility index (Phi) is 4.62. The highest BCUT2D eigenvalue weighted by molar-refractivity contribution is 6.37. The Morgan fingerprint density at radius 1 is 1.00 bits per heavy atom. The lowest BCUT2D eigenvalue weighted by Crippen LogP contribution is -2.21. The van der Waals surface area contributed by atoms with Crippen molar-refractivity contribution in [2.75, 3.05) is 10.6 Å². The molecule has 5 nitrogen and oxygen atoms in total. The number of anilines is 2. The van der Waals surface area contributed by atoms with Crippen LogP contribution in [0, 0.1) is 0 Å². The number of hydrogen-bond donors (Lipinski definition) is 3. The van der Waals surface area contributed by atoms with Gasteiger partial charge in [-0.25, -0.2) is 4.98 Å². The third-order valence-electron chi connectivity index (χ3n) is 4.25. The first kappa shape index (κ1) is 16.9. The van der Waals surface area contributed by atoms with Crippen LogP contribution in [0.2, 0.25) is 0 Å². The average Bonchev–Trinajstić information content (AvgIpc) is 3.10. The zero-order chi connectivity index (χ0) is 18.6. The van der Waals surface area contributed by atoms with Crippen LogP contribution in [0.5, 0.6) is 0 Å². The molecule has 0 saturated carbocycles. The first-order chi connectivity index (χ1) is 13.2. The molecule has 4 aromatic rings. The summed E-state index contributed by atoms with van der Waals surface area (Å²) in [4.78, 5) is 20.1. The van der Waals surface area contributed by atoms with Gasteiger partial charge in [0.2, 0.25) is 0 Å². The van der Waals surface area contributed by atoms with Gasteiger partial charge in [0, 0.05) is 22.3 Å². The first-order valence-corrected chi connectivity index (χ1v) is 8.61. The van der Waals surface area contributed by atoms with Crippen molar-refractivity contribution in [1.82, 2.24) is 9.97 Å². The lowest BCUT2D eigenvalue weighted by atomic mass is 9.90. The van der Waals surface area contributed by atoms with Gasteiger partial charge in [-0.2, -0.15) is 0 Å². The quantitative estimate of drug-likeness (QED) is 0.483. The van der Waals surface area contributed by atoms with E-state index in [0.29, 0.717) is 23.3 Å². The summed E-state index contributed by atoms with van der Waals surface area (Å²) in [6.07, 6.45) is 1.63. The number of para-hydroxylation sites is 1. The van der Waals surface area contributed by atoms with Crippen LogP contribution < -0.4 is 16.1 Å². The molecule has 2 aromatic carbocycles. The van der Waals surface area contributed by atoms with Crippen molar-refractivity contribution in [3.8, 4) is 0 Å². The number of nitrogens with zero attached hydrogens (tertiary/aromatic N) is 1. The van der Waals surface area contributed by atoms with Crippen LogP contribution in [-0.2, 0) is 6.54 Å². The Bertz CT molecular complexity index is 1090. The van der Waals surface area contributed by atoms with Crippen LogP contribution in [-0.4, -0.2) is 23.7 Å². The van der Waals surface area contributed by atoms with E-state index >= 15 is 0 Å². The minimum atomic E-state index is -0.254. The minimum absolute atomic E-state index is 0.254. The monoisotopic (exact) mass is 352 g/mol. The van der Waals surface area contributed by atoms with Gasteiger partial charge in [0.15, 0.2) is 0 Å². The number of aromatic nitrogens is 2. The molecule has 3 N–H and O–H groups in total. The number of H-pyrrole nitrogens is 1. The van der Waals surface area contributed by atoms with E-state index in [0.717, 1.165) is 22.4 Å². The largest absolute Gasteiger partial charge is 0.379 e. The highest BCUT2D eigenvalue weighted by atomic mass is 16.1. The van der Waals surface area contributed by atoms with E-state index in [1.807, 2.05) is 42.5 Å². The number of aromatic amines is 1. The van der Waals surface area contributed by atoms with Crippen LogP contribution in [0.15, 0.2) is 72.9 Å². The van der Waals surface area contributed by atoms with E-state index in [1.54, 1.807) is 30.5 Å². The molecule has 130 valence electrons. The van der Waals surface area contributed by atoms with Gasteiger partial charge in [-0.1, -0.05) is 47.9 Å². The number of rotatable bonds is 5. The van der Waals surface area contributed by atoms with Gasteiger partial charge in [-0.3, -0.25) is 4.79 Å². The van der Waals surface area contributed by atoms with Crippen LogP contribution >= 0.6 is 0 Å². The fourth-order valence-electron chi connectivity index (χ4n) is 2.89. The molecule has 0 aliphatic heterocycles. The number of hydrogen-bond acceptors (Lipinski definition) is 3. The van der Waals surface area contributed by atoms with Crippen molar-refractivity contribution in [2.45, 2.75) is 6.54 Å². The minimum Gasteiger partial charge on any atom is -0.379 e. The molecule has 4 rings (SSSR count). The van der Waals surface area contributed by atoms with Crippen LogP contribution in [0.4, 0.5) is 11.4 Å². The number of carbonyl (C=O) groups is 1. The fraction of sp³-hybridized carbons (Fsp3) is 0.0476. The van der Waals surface area contributed by atoms with Crippen molar-refractivity contribution in [2.24, 2.45) is 0 Å². The van der Waals surface area contributed by atoms with Crippen molar-refractivity contribution in [3.63, 3.8) is 0 Å². The van der Waals surface area contributed by atoms with E-state index in [1.165, 1.54) is 0 Å². The van der Waals surface area contributed by atoms with Crippen LogP contribution in [0.1, 0.15) is 16.1 Å². The Labute approximate surface area is 158 Å². The van der Waals surface area contributed by atoms with Crippen molar-refractivity contribution < 1.29 is 4.79 Å². The van der Waals surface area contributed by atoms with Crippen molar-refractivity contribution in [3.05, 3.63) is 84.2 Å². The summed E-state index contributed by atoms with van der Waals surface area (Å²) in [6.45, 7) is 0.655. The predicted molar refractivity (Wildman–Crippen MR) is 110 cm³/mol. The summed E-state index contributed by atoms with van der Waals surface area (Å²) in [6, 6.07) is 20.9. The maximum atomic E-state index is 12.4. The topological polar surface area (TPSA) is 69.8 Å². The molecule has 0 atom stereocenters. The number of pyridine rings is 1. The summed E-state index contributed by atoms with van der Waals surface area (Å²) >= 11 is 0. The molecule has 1 amide bonds. The number of carbonyl (C=O) groups excluding carboxylic acids is 1. The molecule has 2 aromatic heterocycles. The summed E-state index contributed by atoms with van der Waals surface area (Å²) in [5, 5.41) is 7.13. The number of amides is 1. The predicted octanol–water partition coefficient (Wildman–Crippen LogP) is 3.22. The Morgan fingerprint density at radius 3 is 2.59 bits per heavy atom. The highest BCUT2D eigenvalue weighted by Crippen LogP contribution is 2.19. The molecule has 27 heavy (non-hydrogen) atoms. The van der Waals surface area contributed by atoms with Crippen molar-refractivity contribution >= 4 is 41.6 Å². The van der Waals surface area contributed by atoms with Gasteiger partial charge in [-0.05, 0) is 24.3 Å². The van der Waals surface area contributed by atoms with Gasteiger partial charge >= 0.3 is 0 Å². The summed E-state index contributed by atoms with van der Waals surface area (Å²) in [5.41, 5.74) is 4.35. The third-order valence-corrected chi connectivity index (χ3v) is 4.25. The van der Waals surface area contributed by atoms with E-state index in [4.69, 9.17) is 7.85 Å². The average molecular weight is 352 g/mol. The lowest BCUT2D eigenvalue weighted by molar-refractivity contribution is 0.102. The smallest absolute Gasteiger partial charge is 0.255 e. The zero-order valence-electron chi connectivity index (χ0n) is 14.6. The molecule has 0 bridgehead atoms. The van der Waals surface area contributed by atoms with Gasteiger partial charge in [0.05, 0.1) is 18.4 Å². The molecule has 0 aliphatic carbocycles. The first-order valence-electron chi connectivity index (χ1n) is 8.61.